The van der Waals surface area contributed by atoms with Gasteiger partial charge in [-0.25, -0.2) is 9.59 Å². The summed E-state index contributed by atoms with van der Waals surface area (Å²) < 4.78 is 6.57. The lowest BCUT2D eigenvalue weighted by Crippen LogP contribution is -2.42. The number of esters is 1. The number of halogens is 2. The number of Topliss-reactive ketones (excluding diaryl/α,β-unsaturated/α-hetero) is 1. The Kier molecular flexibility index (Phi) is 5.34. The molecular formula is C15H13Cl2N3O5. The third-order valence-corrected chi connectivity index (χ3v) is 4.22. The Morgan fingerprint density at radius 3 is 2.36 bits per heavy atom. The first-order valence-corrected chi connectivity index (χ1v) is 7.61. The fourth-order valence-corrected chi connectivity index (χ4v) is 2.33. The highest BCUT2D eigenvalue weighted by atomic mass is 35.5. The van der Waals surface area contributed by atoms with Crippen LogP contribution >= 0.6 is 23.2 Å². The Morgan fingerprint density at radius 2 is 1.76 bits per heavy atom. The van der Waals surface area contributed by atoms with E-state index in [1.54, 1.807) is 0 Å². The second kappa shape index (κ2) is 7.12. The summed E-state index contributed by atoms with van der Waals surface area (Å²) in [4.78, 5) is 48.0. The van der Waals surface area contributed by atoms with Crippen molar-refractivity contribution < 1.29 is 14.3 Å². The van der Waals surface area contributed by atoms with Gasteiger partial charge in [0.2, 0.25) is 5.78 Å². The van der Waals surface area contributed by atoms with E-state index in [9.17, 15) is 19.2 Å². The molecule has 0 bridgehead atoms. The molecule has 2 aromatic rings. The first kappa shape index (κ1) is 18.8. The van der Waals surface area contributed by atoms with Crippen LogP contribution in [0.5, 0.6) is 0 Å². The van der Waals surface area contributed by atoms with Gasteiger partial charge in [-0.1, -0.05) is 23.2 Å². The molecule has 0 saturated carbocycles. The zero-order chi connectivity index (χ0) is 18.9. The van der Waals surface area contributed by atoms with Crippen LogP contribution in [0, 0.1) is 0 Å². The number of hydrogen-bond donors (Lipinski definition) is 1. The molecule has 1 aromatic carbocycles. The maximum absolute atomic E-state index is 12.2. The van der Waals surface area contributed by atoms with Crippen molar-refractivity contribution in [2.45, 2.75) is 0 Å². The Hall–Kier alpha value is -2.58. The number of carbonyl (C=O) groups excluding carboxylic acids is 2. The number of hydrogen-bond acceptors (Lipinski definition) is 6. The van der Waals surface area contributed by atoms with E-state index >= 15 is 0 Å². The number of benzene rings is 1. The number of aromatic nitrogens is 2. The van der Waals surface area contributed by atoms with Gasteiger partial charge in [-0.2, -0.15) is 0 Å². The second-order valence-corrected chi connectivity index (χ2v) is 5.91. The van der Waals surface area contributed by atoms with Crippen LogP contribution in [0.15, 0.2) is 27.8 Å². The summed E-state index contributed by atoms with van der Waals surface area (Å²) in [7, 11) is 2.53. The molecule has 0 saturated heterocycles. The quantitative estimate of drug-likeness (QED) is 0.620. The van der Waals surface area contributed by atoms with Crippen LogP contribution in [0.2, 0.25) is 10.0 Å². The molecule has 8 nitrogen and oxygen atoms in total. The number of rotatable bonds is 4. The van der Waals surface area contributed by atoms with Crippen molar-refractivity contribution in [2.24, 2.45) is 14.1 Å². The molecule has 10 heteroatoms. The number of anilines is 1. The molecule has 1 heterocycles. The van der Waals surface area contributed by atoms with E-state index in [0.29, 0.717) is 0 Å². The minimum atomic E-state index is -0.865. The molecule has 0 unspecified atom stereocenters. The van der Waals surface area contributed by atoms with Crippen LogP contribution in [0.3, 0.4) is 0 Å². The van der Waals surface area contributed by atoms with Gasteiger partial charge in [0.1, 0.15) is 11.4 Å². The number of ether oxygens (including phenoxy) is 1. The number of nitrogens with two attached hydrogens (primary N) is 1. The normalized spacial score (nSPS) is 10.6. The summed E-state index contributed by atoms with van der Waals surface area (Å²) in [5.41, 5.74) is 3.79. The summed E-state index contributed by atoms with van der Waals surface area (Å²) >= 11 is 11.6. The Morgan fingerprint density at radius 1 is 1.12 bits per heavy atom. The predicted octanol–water partition coefficient (Wildman–Crippen LogP) is 1.01. The average Bonchev–Trinajstić information content (AvgIpc) is 2.58. The summed E-state index contributed by atoms with van der Waals surface area (Å²) in [5, 5.41) is 0.411. The highest BCUT2D eigenvalue weighted by Gasteiger charge is 2.21. The standard InChI is InChI=1S/C15H13Cl2N3O5/c1-19-12(18)11(13(22)20(2)15(19)24)10(21)6-25-14(23)7-3-4-8(16)9(17)5-7/h3-5H,6,18H2,1-2H3. The van der Waals surface area contributed by atoms with Gasteiger partial charge in [-0.15, -0.1) is 0 Å². The van der Waals surface area contributed by atoms with Gasteiger partial charge in [-0.3, -0.25) is 18.7 Å². The van der Waals surface area contributed by atoms with Gasteiger partial charge in [-0.05, 0) is 18.2 Å². The SMILES string of the molecule is Cn1c(N)c(C(=O)COC(=O)c2ccc(Cl)c(Cl)c2)c(=O)n(C)c1=O. The highest BCUT2D eigenvalue weighted by molar-refractivity contribution is 6.42. The zero-order valence-corrected chi connectivity index (χ0v) is 14.7. The van der Waals surface area contributed by atoms with E-state index in [2.05, 4.69) is 0 Å². The lowest BCUT2D eigenvalue weighted by atomic mass is 10.2. The van der Waals surface area contributed by atoms with Gasteiger partial charge in [0, 0.05) is 14.1 Å². The number of nitrogen functional groups attached to an aromatic ring is 1. The molecule has 0 aliphatic heterocycles. The van der Waals surface area contributed by atoms with Gasteiger partial charge < -0.3 is 10.5 Å². The van der Waals surface area contributed by atoms with Crippen molar-refractivity contribution in [1.82, 2.24) is 9.13 Å². The largest absolute Gasteiger partial charge is 0.454 e. The van der Waals surface area contributed by atoms with Crippen LogP contribution in [0.4, 0.5) is 5.82 Å². The molecule has 0 radical (unpaired) electrons. The smallest absolute Gasteiger partial charge is 0.338 e. The molecule has 25 heavy (non-hydrogen) atoms. The fourth-order valence-electron chi connectivity index (χ4n) is 2.03. The maximum atomic E-state index is 12.2. The van der Waals surface area contributed by atoms with E-state index in [-0.39, 0.29) is 21.4 Å². The first-order valence-electron chi connectivity index (χ1n) is 6.86. The molecule has 2 N–H and O–H groups in total. The van der Waals surface area contributed by atoms with Crippen LogP contribution in [-0.4, -0.2) is 27.5 Å². The van der Waals surface area contributed by atoms with Gasteiger partial charge in [0.15, 0.2) is 6.61 Å². The first-order chi connectivity index (χ1) is 11.6. The van der Waals surface area contributed by atoms with Crippen molar-refractivity contribution in [1.29, 1.82) is 0 Å². The molecule has 1 aromatic heterocycles. The van der Waals surface area contributed by atoms with E-state index in [1.165, 1.54) is 32.3 Å². The van der Waals surface area contributed by atoms with Crippen molar-refractivity contribution in [2.75, 3.05) is 12.3 Å². The molecule has 132 valence electrons. The molecule has 0 fully saturated rings. The molecule has 0 atom stereocenters. The summed E-state index contributed by atoms with van der Waals surface area (Å²) in [6.45, 7) is -0.725. The minimum absolute atomic E-state index is 0.0866. The summed E-state index contributed by atoms with van der Waals surface area (Å²) in [5.74, 6) is -1.96. The molecule has 0 spiro atoms. The predicted molar refractivity (Wildman–Crippen MR) is 92.4 cm³/mol. The van der Waals surface area contributed by atoms with Crippen molar-refractivity contribution in [3.05, 3.63) is 60.2 Å². The summed E-state index contributed by atoms with van der Waals surface area (Å²) in [6.07, 6.45) is 0. The van der Waals surface area contributed by atoms with E-state index < -0.39 is 35.2 Å². The number of ketones is 1. The second-order valence-electron chi connectivity index (χ2n) is 5.09. The zero-order valence-electron chi connectivity index (χ0n) is 13.2. The number of nitrogens with zero attached hydrogens (tertiary/aromatic N) is 2. The Labute approximate surface area is 151 Å². The van der Waals surface area contributed by atoms with Crippen LogP contribution < -0.4 is 17.0 Å². The van der Waals surface area contributed by atoms with E-state index in [4.69, 9.17) is 33.7 Å². The third kappa shape index (κ3) is 3.59. The molecule has 0 aliphatic rings. The van der Waals surface area contributed by atoms with Crippen LogP contribution in [0.1, 0.15) is 20.7 Å². The molecule has 0 amide bonds. The fraction of sp³-hybridized carbons (Fsp3) is 0.200. The third-order valence-electron chi connectivity index (χ3n) is 3.48. The van der Waals surface area contributed by atoms with E-state index in [0.717, 1.165) is 9.13 Å². The molecule has 0 aliphatic carbocycles. The lowest BCUT2D eigenvalue weighted by Gasteiger charge is -2.11. The Bertz CT molecular complexity index is 994. The van der Waals surface area contributed by atoms with Crippen LogP contribution in [-0.2, 0) is 18.8 Å². The van der Waals surface area contributed by atoms with Crippen molar-refractivity contribution in [3.8, 4) is 0 Å². The van der Waals surface area contributed by atoms with Gasteiger partial charge in [0.05, 0.1) is 15.6 Å². The van der Waals surface area contributed by atoms with Crippen LogP contribution in [0.25, 0.3) is 0 Å². The Balaban J connectivity index is 2.24. The number of carbonyl (C=O) groups is 2. The van der Waals surface area contributed by atoms with Crippen molar-refractivity contribution >= 4 is 40.8 Å². The topological polar surface area (TPSA) is 113 Å². The maximum Gasteiger partial charge on any atom is 0.338 e. The van der Waals surface area contributed by atoms with Gasteiger partial charge >= 0.3 is 11.7 Å². The lowest BCUT2D eigenvalue weighted by molar-refractivity contribution is 0.0474. The monoisotopic (exact) mass is 385 g/mol. The van der Waals surface area contributed by atoms with Crippen molar-refractivity contribution in [3.63, 3.8) is 0 Å². The highest BCUT2D eigenvalue weighted by Crippen LogP contribution is 2.22. The minimum Gasteiger partial charge on any atom is -0.454 e. The van der Waals surface area contributed by atoms with Gasteiger partial charge in [0.25, 0.3) is 5.56 Å². The molecular weight excluding hydrogens is 373 g/mol. The summed E-state index contributed by atoms with van der Waals surface area (Å²) in [6, 6.07) is 4.07. The average molecular weight is 386 g/mol. The van der Waals surface area contributed by atoms with E-state index in [1.807, 2.05) is 0 Å². The molecule has 2 rings (SSSR count).